The highest BCUT2D eigenvalue weighted by molar-refractivity contribution is 8.68. The molecule has 1 fully saturated rings. The molecule has 0 bridgehead atoms. The van der Waals surface area contributed by atoms with Gasteiger partial charge in [-0.3, -0.25) is 0 Å². The van der Waals surface area contributed by atoms with Crippen LogP contribution in [0.3, 0.4) is 0 Å². The Kier molecular flexibility index (Phi) is 5.93. The molecule has 0 aromatic rings. The van der Waals surface area contributed by atoms with Gasteiger partial charge in [-0.05, 0) is 53.4 Å². The molecule has 0 spiro atoms. The van der Waals surface area contributed by atoms with Crippen LogP contribution in [0.1, 0.15) is 54.4 Å². The summed E-state index contributed by atoms with van der Waals surface area (Å²) in [5, 5.41) is 0.522. The average molecular weight is 306 g/mol. The van der Waals surface area contributed by atoms with Gasteiger partial charge in [0.05, 0.1) is 0 Å². The van der Waals surface area contributed by atoms with Gasteiger partial charge in [0.15, 0.2) is 0 Å². The lowest BCUT2D eigenvalue weighted by Gasteiger charge is -2.44. The van der Waals surface area contributed by atoms with Gasteiger partial charge in [-0.25, -0.2) is 4.79 Å². The number of amides is 1. The second-order valence-electron chi connectivity index (χ2n) is 6.63. The molecule has 1 rings (SSSR count). The van der Waals surface area contributed by atoms with Crippen LogP contribution in [0.2, 0.25) is 0 Å². The van der Waals surface area contributed by atoms with Gasteiger partial charge < -0.3 is 9.64 Å². The number of carbonyl (C=O) groups excluding carboxylic acids is 1. The Morgan fingerprint density at radius 2 is 1.79 bits per heavy atom. The minimum absolute atomic E-state index is 0.183. The maximum atomic E-state index is 12.3. The third-order valence-corrected chi connectivity index (χ3v) is 5.39. The summed E-state index contributed by atoms with van der Waals surface area (Å²) >= 11 is 4.32. The van der Waals surface area contributed by atoms with E-state index in [2.05, 4.69) is 32.4 Å². The van der Waals surface area contributed by atoms with E-state index in [9.17, 15) is 4.79 Å². The molecule has 0 saturated carbocycles. The number of carbonyl (C=O) groups is 1. The highest BCUT2D eigenvalue weighted by Gasteiger charge is 2.37. The topological polar surface area (TPSA) is 29.5 Å². The molecule has 3 unspecified atom stereocenters. The van der Waals surface area contributed by atoms with Crippen molar-refractivity contribution >= 4 is 28.5 Å². The molecule has 112 valence electrons. The molecule has 0 radical (unpaired) electrons. The first-order valence-electron chi connectivity index (χ1n) is 6.97. The minimum atomic E-state index is -0.429. The number of piperidine rings is 1. The maximum absolute atomic E-state index is 12.3. The van der Waals surface area contributed by atoms with Crippen molar-refractivity contribution in [3.05, 3.63) is 0 Å². The van der Waals surface area contributed by atoms with Crippen molar-refractivity contribution in [2.75, 3.05) is 0 Å². The van der Waals surface area contributed by atoms with Crippen molar-refractivity contribution in [3.63, 3.8) is 0 Å². The Bertz CT molecular complexity index is 305. The number of hydrogen-bond acceptors (Lipinski definition) is 4. The Morgan fingerprint density at radius 3 is 2.16 bits per heavy atom. The average Bonchev–Trinajstić information content (AvgIpc) is 2.24. The zero-order valence-electron chi connectivity index (χ0n) is 12.8. The van der Waals surface area contributed by atoms with Crippen molar-refractivity contribution < 1.29 is 9.53 Å². The fourth-order valence-corrected chi connectivity index (χ4v) is 3.69. The zero-order chi connectivity index (χ0) is 14.8. The van der Waals surface area contributed by atoms with E-state index in [1.165, 1.54) is 0 Å². The van der Waals surface area contributed by atoms with E-state index in [0.717, 1.165) is 12.8 Å². The van der Waals surface area contributed by atoms with Crippen LogP contribution in [0.15, 0.2) is 0 Å². The van der Waals surface area contributed by atoms with Crippen LogP contribution < -0.4 is 0 Å². The Balaban J connectivity index is 2.70. The highest BCUT2D eigenvalue weighted by atomic mass is 33.1. The van der Waals surface area contributed by atoms with E-state index in [0.29, 0.717) is 11.2 Å². The summed E-state index contributed by atoms with van der Waals surface area (Å²) in [6.07, 6.45) is 1.87. The van der Waals surface area contributed by atoms with E-state index in [4.69, 9.17) is 4.74 Å². The van der Waals surface area contributed by atoms with Crippen LogP contribution in [0.25, 0.3) is 0 Å². The quantitative estimate of drug-likeness (QED) is 0.606. The second-order valence-corrected chi connectivity index (χ2v) is 8.21. The van der Waals surface area contributed by atoms with Gasteiger partial charge in [0.2, 0.25) is 0 Å². The second kappa shape index (κ2) is 6.61. The van der Waals surface area contributed by atoms with Gasteiger partial charge in [-0.2, -0.15) is 0 Å². The molecule has 1 heterocycles. The standard InChI is InChI=1S/C14H27NO2S2/c1-9-7-12(11(3)19-18)8-10(2)15(9)13(16)17-14(4,5)6/h9-12,18H,7-8H2,1-6H3. The molecule has 19 heavy (non-hydrogen) atoms. The summed E-state index contributed by atoms with van der Waals surface area (Å²) in [6.45, 7) is 12.2. The molecule has 0 aliphatic carbocycles. The maximum Gasteiger partial charge on any atom is 0.410 e. The summed E-state index contributed by atoms with van der Waals surface area (Å²) in [7, 11) is 1.61. The van der Waals surface area contributed by atoms with E-state index < -0.39 is 5.60 Å². The number of hydrogen-bond donors (Lipinski definition) is 1. The zero-order valence-corrected chi connectivity index (χ0v) is 14.6. The fourth-order valence-electron chi connectivity index (χ4n) is 2.78. The van der Waals surface area contributed by atoms with Crippen molar-refractivity contribution in [2.45, 2.75) is 77.3 Å². The van der Waals surface area contributed by atoms with Crippen LogP contribution in [-0.4, -0.2) is 33.9 Å². The number of thiol groups is 1. The van der Waals surface area contributed by atoms with Crippen LogP contribution in [0.5, 0.6) is 0 Å². The largest absolute Gasteiger partial charge is 0.444 e. The first-order chi connectivity index (χ1) is 8.65. The van der Waals surface area contributed by atoms with E-state index in [1.54, 1.807) is 10.8 Å². The van der Waals surface area contributed by atoms with Crippen molar-refractivity contribution in [1.82, 2.24) is 4.90 Å². The lowest BCUT2D eigenvalue weighted by Crippen LogP contribution is -2.52. The fraction of sp³-hybridized carbons (Fsp3) is 0.929. The smallest absolute Gasteiger partial charge is 0.410 e. The molecule has 1 amide bonds. The van der Waals surface area contributed by atoms with Gasteiger partial charge in [0, 0.05) is 17.3 Å². The van der Waals surface area contributed by atoms with E-state index in [-0.39, 0.29) is 18.2 Å². The SMILES string of the molecule is CC(SS)C1CC(C)N(C(=O)OC(C)(C)C)C(C)C1. The number of nitrogens with zero attached hydrogens (tertiary/aromatic N) is 1. The summed E-state index contributed by atoms with van der Waals surface area (Å²) in [5.74, 6) is 0.617. The summed E-state index contributed by atoms with van der Waals surface area (Å²) in [6, 6.07) is 0.457. The molecule has 3 atom stereocenters. The highest BCUT2D eigenvalue weighted by Crippen LogP contribution is 2.36. The molecular formula is C14H27NO2S2. The molecule has 0 aromatic carbocycles. The molecule has 1 aliphatic heterocycles. The lowest BCUT2D eigenvalue weighted by atomic mass is 9.85. The number of ether oxygens (including phenoxy) is 1. The molecule has 5 heteroatoms. The molecule has 3 nitrogen and oxygen atoms in total. The van der Waals surface area contributed by atoms with Gasteiger partial charge in [0.25, 0.3) is 0 Å². The molecule has 1 saturated heterocycles. The van der Waals surface area contributed by atoms with Crippen LogP contribution in [-0.2, 0) is 4.74 Å². The van der Waals surface area contributed by atoms with Crippen molar-refractivity contribution in [1.29, 1.82) is 0 Å². The minimum Gasteiger partial charge on any atom is -0.444 e. The van der Waals surface area contributed by atoms with Gasteiger partial charge >= 0.3 is 6.09 Å². The first-order valence-corrected chi connectivity index (χ1v) is 8.90. The lowest BCUT2D eigenvalue weighted by molar-refractivity contribution is -0.00704. The van der Waals surface area contributed by atoms with Crippen LogP contribution in [0, 0.1) is 5.92 Å². The van der Waals surface area contributed by atoms with E-state index >= 15 is 0 Å². The molecular weight excluding hydrogens is 278 g/mol. The third-order valence-electron chi connectivity index (χ3n) is 3.67. The Labute approximate surface area is 126 Å². The summed E-state index contributed by atoms with van der Waals surface area (Å²) in [4.78, 5) is 14.2. The van der Waals surface area contributed by atoms with Crippen LogP contribution in [0.4, 0.5) is 4.79 Å². The molecule has 0 aromatic heterocycles. The third kappa shape index (κ3) is 4.78. The van der Waals surface area contributed by atoms with Crippen LogP contribution >= 0.6 is 22.5 Å². The normalized spacial score (nSPS) is 30.1. The molecule has 1 aliphatic rings. The number of likely N-dealkylation sites (tertiary alicyclic amines) is 1. The molecule has 0 N–H and O–H groups in total. The van der Waals surface area contributed by atoms with Gasteiger partial charge in [0.1, 0.15) is 5.60 Å². The predicted octanol–water partition coefficient (Wildman–Crippen LogP) is 4.38. The Morgan fingerprint density at radius 1 is 1.32 bits per heavy atom. The van der Waals surface area contributed by atoms with Crippen molar-refractivity contribution in [3.8, 4) is 0 Å². The summed E-state index contributed by atoms with van der Waals surface area (Å²) in [5.41, 5.74) is -0.429. The number of rotatable bonds is 2. The summed E-state index contributed by atoms with van der Waals surface area (Å²) < 4.78 is 5.51. The Hall–Kier alpha value is -0.0300. The van der Waals surface area contributed by atoms with E-state index in [1.807, 2.05) is 25.7 Å². The first kappa shape index (κ1) is 17.0. The predicted molar refractivity (Wildman–Crippen MR) is 85.8 cm³/mol. The van der Waals surface area contributed by atoms with Crippen molar-refractivity contribution in [2.24, 2.45) is 5.92 Å². The van der Waals surface area contributed by atoms with Gasteiger partial charge in [-0.15, -0.1) is 11.7 Å². The monoisotopic (exact) mass is 305 g/mol. The van der Waals surface area contributed by atoms with Gasteiger partial charge in [-0.1, -0.05) is 17.7 Å².